The van der Waals surface area contributed by atoms with Gasteiger partial charge in [0.2, 0.25) is 10.0 Å². The molecule has 19 heavy (non-hydrogen) atoms. The predicted octanol–water partition coefficient (Wildman–Crippen LogP) is 0.785. The van der Waals surface area contributed by atoms with Crippen LogP contribution >= 0.6 is 24.0 Å². The number of carbonyl (C=O) groups is 1. The van der Waals surface area contributed by atoms with Crippen molar-refractivity contribution in [1.29, 1.82) is 0 Å². The van der Waals surface area contributed by atoms with E-state index in [1.54, 1.807) is 0 Å². The highest BCUT2D eigenvalue weighted by Crippen LogP contribution is 2.22. The second kappa shape index (κ2) is 7.66. The van der Waals surface area contributed by atoms with E-state index in [1.165, 1.54) is 25.3 Å². The average Bonchev–Trinajstić information content (AvgIpc) is 2.35. The molecule has 1 aromatic carbocycles. The number of nitrogens with two attached hydrogens (primary N) is 1. The molecule has 1 rings (SSSR count). The first-order valence-electron chi connectivity index (χ1n) is 5.00. The molecule has 0 unspecified atom stereocenters. The Bertz CT molecular complexity index is 548. The van der Waals surface area contributed by atoms with Crippen LogP contribution in [0.1, 0.15) is 10.4 Å². The highest BCUT2D eigenvalue weighted by atomic mass is 35.5. The molecule has 6 nitrogen and oxygen atoms in total. The minimum atomic E-state index is -3.72. The smallest absolute Gasteiger partial charge is 0.337 e. The fourth-order valence-electron chi connectivity index (χ4n) is 1.23. The number of carbonyl (C=O) groups excluding carboxylic acids is 1. The van der Waals surface area contributed by atoms with Crippen LogP contribution in [0, 0.1) is 0 Å². The number of rotatable bonds is 5. The zero-order valence-electron chi connectivity index (χ0n) is 10.1. The average molecular weight is 329 g/mol. The van der Waals surface area contributed by atoms with Crippen molar-refractivity contribution < 1.29 is 17.9 Å². The molecule has 0 saturated carbocycles. The lowest BCUT2D eigenvalue weighted by atomic mass is 10.2. The van der Waals surface area contributed by atoms with Crippen LogP contribution in [0.15, 0.2) is 23.1 Å². The number of halogens is 2. The largest absolute Gasteiger partial charge is 0.465 e. The highest BCUT2D eigenvalue weighted by molar-refractivity contribution is 7.89. The van der Waals surface area contributed by atoms with E-state index in [1.807, 2.05) is 0 Å². The Morgan fingerprint density at radius 2 is 2.11 bits per heavy atom. The molecule has 0 bridgehead atoms. The Balaban J connectivity index is 0.00000324. The third-order valence-corrected chi connectivity index (χ3v) is 4.02. The summed E-state index contributed by atoms with van der Waals surface area (Å²) in [6.45, 7) is 0.286. The molecule has 0 saturated heterocycles. The van der Waals surface area contributed by atoms with Gasteiger partial charge in [0.05, 0.1) is 17.7 Å². The molecule has 0 aliphatic heterocycles. The number of methoxy groups -OCH3 is 1. The van der Waals surface area contributed by atoms with Gasteiger partial charge in [0, 0.05) is 13.1 Å². The molecule has 0 atom stereocenters. The first-order valence-corrected chi connectivity index (χ1v) is 6.86. The van der Waals surface area contributed by atoms with Crippen LogP contribution in [-0.4, -0.2) is 34.6 Å². The summed E-state index contributed by atoms with van der Waals surface area (Å²) in [5.41, 5.74) is 5.39. The van der Waals surface area contributed by atoms with Gasteiger partial charge in [0.15, 0.2) is 0 Å². The normalized spacial score (nSPS) is 10.7. The molecule has 0 fully saturated rings. The van der Waals surface area contributed by atoms with E-state index >= 15 is 0 Å². The maximum absolute atomic E-state index is 11.8. The van der Waals surface area contributed by atoms with Gasteiger partial charge in [-0.25, -0.2) is 17.9 Å². The summed E-state index contributed by atoms with van der Waals surface area (Å²) in [6.07, 6.45) is 0. The van der Waals surface area contributed by atoms with E-state index < -0.39 is 16.0 Å². The molecule has 0 radical (unpaired) electrons. The van der Waals surface area contributed by atoms with Crippen molar-refractivity contribution in [2.75, 3.05) is 20.2 Å². The minimum absolute atomic E-state index is 0. The van der Waals surface area contributed by atoms with Crippen LogP contribution in [0.4, 0.5) is 0 Å². The topological polar surface area (TPSA) is 98.5 Å². The second-order valence-corrected chi connectivity index (χ2v) is 5.47. The van der Waals surface area contributed by atoms with Crippen molar-refractivity contribution in [1.82, 2.24) is 4.72 Å². The summed E-state index contributed by atoms with van der Waals surface area (Å²) >= 11 is 5.84. The Morgan fingerprint density at radius 3 is 2.58 bits per heavy atom. The van der Waals surface area contributed by atoms with Crippen molar-refractivity contribution >= 4 is 40.0 Å². The summed E-state index contributed by atoms with van der Waals surface area (Å²) in [6, 6.07) is 3.81. The third-order valence-electron chi connectivity index (χ3n) is 2.08. The highest BCUT2D eigenvalue weighted by Gasteiger charge is 2.18. The molecule has 108 valence electrons. The fourth-order valence-corrected chi connectivity index (χ4v) is 2.82. The maximum Gasteiger partial charge on any atom is 0.337 e. The fraction of sp³-hybridized carbons (Fsp3) is 0.300. The molecule has 1 aromatic rings. The van der Waals surface area contributed by atoms with Gasteiger partial charge in [-0.3, -0.25) is 0 Å². The van der Waals surface area contributed by atoms with Crippen LogP contribution < -0.4 is 10.5 Å². The Labute approximate surface area is 122 Å². The molecular weight excluding hydrogens is 315 g/mol. The zero-order chi connectivity index (χ0) is 13.8. The van der Waals surface area contributed by atoms with Gasteiger partial charge in [0.25, 0.3) is 0 Å². The molecule has 0 aromatic heterocycles. The lowest BCUT2D eigenvalue weighted by Crippen LogP contribution is -2.29. The van der Waals surface area contributed by atoms with Crippen molar-refractivity contribution in [2.24, 2.45) is 5.73 Å². The number of hydrogen-bond donors (Lipinski definition) is 2. The number of ether oxygens (including phenoxy) is 1. The molecule has 0 heterocycles. The van der Waals surface area contributed by atoms with Crippen LogP contribution in [0.3, 0.4) is 0 Å². The number of sulfonamides is 1. The first-order chi connectivity index (χ1) is 8.42. The zero-order valence-corrected chi connectivity index (χ0v) is 12.4. The first kappa shape index (κ1) is 18.1. The van der Waals surface area contributed by atoms with E-state index in [4.69, 9.17) is 17.3 Å². The number of hydrogen-bond acceptors (Lipinski definition) is 5. The van der Waals surface area contributed by atoms with Gasteiger partial charge in [-0.05, 0) is 18.2 Å². The van der Waals surface area contributed by atoms with E-state index in [9.17, 15) is 13.2 Å². The second-order valence-electron chi connectivity index (χ2n) is 3.32. The summed E-state index contributed by atoms with van der Waals surface area (Å²) < 4.78 is 30.4. The Morgan fingerprint density at radius 1 is 1.47 bits per heavy atom. The molecule has 3 N–H and O–H groups in total. The van der Waals surface area contributed by atoms with Crippen molar-refractivity contribution in [3.05, 3.63) is 28.8 Å². The van der Waals surface area contributed by atoms with Gasteiger partial charge >= 0.3 is 5.97 Å². The Kier molecular flexibility index (Phi) is 7.32. The van der Waals surface area contributed by atoms with Crippen molar-refractivity contribution in [3.8, 4) is 0 Å². The summed E-state index contributed by atoms with van der Waals surface area (Å²) in [5.74, 6) is -0.587. The lowest BCUT2D eigenvalue weighted by Gasteiger charge is -2.08. The number of benzene rings is 1. The van der Waals surface area contributed by atoms with Gasteiger partial charge in [-0.15, -0.1) is 12.4 Å². The van der Waals surface area contributed by atoms with Crippen LogP contribution in [0.25, 0.3) is 0 Å². The molecule has 0 amide bonds. The van der Waals surface area contributed by atoms with Gasteiger partial charge in [-0.1, -0.05) is 11.6 Å². The quantitative estimate of drug-likeness (QED) is 0.778. The SMILES string of the molecule is COC(=O)c1ccc(S(=O)(=O)NCCN)c(Cl)c1.Cl. The standard InChI is InChI=1S/C10H13ClN2O4S.ClH/c1-17-10(14)7-2-3-9(8(11)6-7)18(15,16)13-5-4-12;/h2-3,6,13H,4-5,12H2,1H3;1H. The molecule has 0 spiro atoms. The predicted molar refractivity (Wildman–Crippen MR) is 74.3 cm³/mol. The van der Waals surface area contributed by atoms with Crippen LogP contribution in [0.5, 0.6) is 0 Å². The number of esters is 1. The van der Waals surface area contributed by atoms with E-state index in [0.717, 1.165) is 0 Å². The number of nitrogens with one attached hydrogen (secondary N) is 1. The summed E-state index contributed by atoms with van der Waals surface area (Å²) in [5, 5.41) is -0.0533. The van der Waals surface area contributed by atoms with Crippen LogP contribution in [-0.2, 0) is 14.8 Å². The summed E-state index contributed by atoms with van der Waals surface area (Å²) in [7, 11) is -2.49. The maximum atomic E-state index is 11.8. The van der Waals surface area contributed by atoms with Crippen LogP contribution in [0.2, 0.25) is 5.02 Å². The summed E-state index contributed by atoms with van der Waals surface area (Å²) in [4.78, 5) is 11.1. The Hall–Kier alpha value is -0.860. The molecule has 0 aliphatic carbocycles. The molecule has 0 aliphatic rings. The molecule has 9 heteroatoms. The van der Waals surface area contributed by atoms with Crippen molar-refractivity contribution in [3.63, 3.8) is 0 Å². The van der Waals surface area contributed by atoms with E-state index in [2.05, 4.69) is 9.46 Å². The van der Waals surface area contributed by atoms with Gasteiger partial charge in [0.1, 0.15) is 4.90 Å². The van der Waals surface area contributed by atoms with E-state index in [0.29, 0.717) is 0 Å². The van der Waals surface area contributed by atoms with E-state index in [-0.39, 0.29) is 41.0 Å². The van der Waals surface area contributed by atoms with Gasteiger partial charge in [-0.2, -0.15) is 0 Å². The van der Waals surface area contributed by atoms with Gasteiger partial charge < -0.3 is 10.5 Å². The lowest BCUT2D eigenvalue weighted by molar-refractivity contribution is 0.0600. The molecular formula is C10H14Cl2N2O4S. The third kappa shape index (κ3) is 4.63. The minimum Gasteiger partial charge on any atom is -0.465 e. The van der Waals surface area contributed by atoms with Crippen molar-refractivity contribution in [2.45, 2.75) is 4.90 Å². The monoisotopic (exact) mass is 328 g/mol.